The Bertz CT molecular complexity index is 950. The third-order valence-electron chi connectivity index (χ3n) is 4.46. The van der Waals surface area contributed by atoms with Gasteiger partial charge in [0.15, 0.2) is 0 Å². The first-order chi connectivity index (χ1) is 11.9. The Morgan fingerprint density at radius 2 is 1.54 bits per heavy atom. The van der Waals surface area contributed by atoms with Crippen molar-refractivity contribution in [3.05, 3.63) is 72.4 Å². The van der Waals surface area contributed by atoms with E-state index in [1.165, 1.54) is 27.2 Å². The van der Waals surface area contributed by atoms with E-state index < -0.39 is 0 Å². The molecule has 1 aromatic heterocycles. The molecule has 4 aromatic rings. The number of H-pyrrole nitrogens is 1. The molecular weight excluding hydrogens is 437 g/mol. The number of benzene rings is 2. The predicted octanol–water partition coefficient (Wildman–Crippen LogP) is -0.209. The zero-order valence-corrected chi connectivity index (χ0v) is 21.1. The molecular formula is C23H26Cl2NSiTi. The maximum atomic E-state index is 3.23. The Kier molecular flexibility index (Phi) is 11.0. The Morgan fingerprint density at radius 1 is 0.929 bits per heavy atom. The summed E-state index contributed by atoms with van der Waals surface area (Å²) >= 11 is 0. The van der Waals surface area contributed by atoms with Crippen LogP contribution in [-0.4, -0.2) is 13.8 Å². The number of hydrogen-bond acceptors (Lipinski definition) is 0. The third kappa shape index (κ3) is 6.30. The number of rotatable bonds is 1. The van der Waals surface area contributed by atoms with Crippen molar-refractivity contribution >= 4 is 35.7 Å². The van der Waals surface area contributed by atoms with E-state index >= 15 is 0 Å². The summed E-state index contributed by atoms with van der Waals surface area (Å²) in [6.07, 6.45) is 3.23. The number of nitrogens with one attached hydrogen (secondary N) is 1. The molecule has 0 bridgehead atoms. The van der Waals surface area contributed by atoms with Gasteiger partial charge in [0, 0.05) is 0 Å². The van der Waals surface area contributed by atoms with E-state index in [1.807, 2.05) is 6.07 Å². The number of para-hydroxylation sites is 1. The van der Waals surface area contributed by atoms with E-state index in [2.05, 4.69) is 99.6 Å². The van der Waals surface area contributed by atoms with Crippen LogP contribution in [0.1, 0.15) is 26.3 Å². The van der Waals surface area contributed by atoms with Gasteiger partial charge in [-0.15, -0.1) is 59.1 Å². The second-order valence-electron chi connectivity index (χ2n) is 7.79. The van der Waals surface area contributed by atoms with Crippen molar-refractivity contribution < 1.29 is 46.5 Å². The van der Waals surface area contributed by atoms with E-state index in [9.17, 15) is 0 Å². The Morgan fingerprint density at radius 3 is 2.14 bits per heavy atom. The Labute approximate surface area is 198 Å². The van der Waals surface area contributed by atoms with Crippen LogP contribution in [0.15, 0.2) is 60.7 Å². The Balaban J connectivity index is 0.000000471. The van der Waals surface area contributed by atoms with Gasteiger partial charge in [0.1, 0.15) is 0 Å². The van der Waals surface area contributed by atoms with E-state index in [0.717, 1.165) is 0 Å². The van der Waals surface area contributed by atoms with Crippen LogP contribution < -0.4 is 30.0 Å². The van der Waals surface area contributed by atoms with Crippen LogP contribution in [0.4, 0.5) is 0 Å². The van der Waals surface area contributed by atoms with Crippen molar-refractivity contribution in [1.29, 1.82) is 0 Å². The summed E-state index contributed by atoms with van der Waals surface area (Å²) in [4.78, 5) is 3.17. The maximum absolute atomic E-state index is 3.23. The van der Waals surface area contributed by atoms with Crippen molar-refractivity contribution in [3.8, 4) is 0 Å². The summed E-state index contributed by atoms with van der Waals surface area (Å²) in [7, 11) is -0.273. The minimum Gasteiger partial charge on any atom is -1.00 e. The fourth-order valence-corrected chi connectivity index (χ4v) is 3.93. The molecule has 1 N–H and O–H groups in total. The van der Waals surface area contributed by atoms with Crippen molar-refractivity contribution in [1.82, 2.24) is 4.98 Å². The standard InChI is InChI=1S/C12H14N.C11H12Si.2ClH.Ti/c1-12(2,3)10-8-13-11-7-5-4-6-9(10)11;1-12(2)11-7-9-5-3-4-6-10(9)8-11;;;/h4-7,13H,1-3H3;3-8H,1-2H3;2*1H;/q2*-1;;;+4/p-2. The van der Waals surface area contributed by atoms with Crippen LogP contribution in [0.25, 0.3) is 21.7 Å². The maximum Gasteiger partial charge on any atom is 4.00 e. The molecule has 0 unspecified atom stereocenters. The SMILES string of the molecule is CC(C)(C)c1[c-][nH]c2ccccc12.C[Si](C)c1cc2ccccc2[cH-]1.[Cl-].[Cl-].[Ti+4]. The van der Waals surface area contributed by atoms with E-state index in [4.69, 9.17) is 0 Å². The monoisotopic (exact) mass is 462 g/mol. The molecule has 145 valence electrons. The molecule has 0 aliphatic carbocycles. The van der Waals surface area contributed by atoms with Gasteiger partial charge in [0.25, 0.3) is 0 Å². The molecule has 0 amide bonds. The first-order valence-electron chi connectivity index (χ1n) is 8.81. The number of fused-ring (bicyclic) bond motifs is 2. The molecule has 4 rings (SSSR count). The van der Waals surface area contributed by atoms with Gasteiger partial charge in [-0.1, -0.05) is 52.1 Å². The van der Waals surface area contributed by atoms with Crippen molar-refractivity contribution in [2.45, 2.75) is 39.3 Å². The Hall–Kier alpha value is -0.899. The van der Waals surface area contributed by atoms with Crippen LogP contribution in [0.3, 0.4) is 0 Å². The number of aromatic amines is 1. The second kappa shape index (κ2) is 11.3. The average molecular weight is 463 g/mol. The largest absolute Gasteiger partial charge is 4.00 e. The van der Waals surface area contributed by atoms with Gasteiger partial charge >= 0.3 is 21.7 Å². The van der Waals surface area contributed by atoms with Gasteiger partial charge < -0.3 is 29.8 Å². The molecule has 1 heterocycles. The van der Waals surface area contributed by atoms with E-state index in [0.29, 0.717) is 0 Å². The summed E-state index contributed by atoms with van der Waals surface area (Å²) in [5.74, 6) is 0. The fourth-order valence-electron chi connectivity index (χ4n) is 3.04. The zero-order valence-electron chi connectivity index (χ0n) is 17.0. The molecule has 0 saturated heterocycles. The quantitative estimate of drug-likeness (QED) is 0.297. The van der Waals surface area contributed by atoms with E-state index in [-0.39, 0.29) is 60.7 Å². The minimum absolute atomic E-state index is 0. The molecule has 0 aliphatic heterocycles. The smallest absolute Gasteiger partial charge is 1.00 e. The summed E-state index contributed by atoms with van der Waals surface area (Å²) in [6, 6.07) is 21.6. The van der Waals surface area contributed by atoms with Crippen molar-refractivity contribution in [2.75, 3.05) is 0 Å². The molecule has 1 nitrogen and oxygen atoms in total. The molecule has 0 atom stereocenters. The molecule has 5 heteroatoms. The average Bonchev–Trinajstić information content (AvgIpc) is 3.19. The number of aromatic nitrogens is 1. The van der Waals surface area contributed by atoms with Gasteiger partial charge in [0.2, 0.25) is 0 Å². The van der Waals surface area contributed by atoms with Crippen molar-refractivity contribution in [3.63, 3.8) is 0 Å². The molecule has 0 aliphatic rings. The number of hydrogen-bond donors (Lipinski definition) is 1. The predicted molar refractivity (Wildman–Crippen MR) is 112 cm³/mol. The third-order valence-corrected chi connectivity index (χ3v) is 5.91. The molecule has 0 saturated carbocycles. The molecule has 1 radical (unpaired) electrons. The van der Waals surface area contributed by atoms with E-state index in [1.54, 1.807) is 5.19 Å². The van der Waals surface area contributed by atoms with Crippen LogP contribution in [0.5, 0.6) is 0 Å². The van der Waals surface area contributed by atoms with Crippen LogP contribution in [-0.2, 0) is 27.1 Å². The van der Waals surface area contributed by atoms with Gasteiger partial charge in [-0.3, -0.25) is 0 Å². The fraction of sp³-hybridized carbons (Fsp3) is 0.261. The molecule has 0 spiro atoms. The topological polar surface area (TPSA) is 15.8 Å². The molecule has 28 heavy (non-hydrogen) atoms. The van der Waals surface area contributed by atoms with Gasteiger partial charge in [-0.25, -0.2) is 0 Å². The van der Waals surface area contributed by atoms with Crippen LogP contribution in [0.2, 0.25) is 13.1 Å². The first kappa shape index (κ1) is 27.1. The minimum atomic E-state index is -0.273. The van der Waals surface area contributed by atoms with Gasteiger partial charge in [-0.2, -0.15) is 22.0 Å². The zero-order chi connectivity index (χ0) is 18.0. The normalized spacial score (nSPS) is 10.5. The second-order valence-corrected chi connectivity index (χ2v) is 10.4. The van der Waals surface area contributed by atoms with Gasteiger partial charge in [0.05, 0.1) is 8.80 Å². The number of halogens is 2. The molecule has 3 aromatic carbocycles. The summed E-state index contributed by atoms with van der Waals surface area (Å²) < 4.78 is 0. The van der Waals surface area contributed by atoms with Crippen molar-refractivity contribution in [2.24, 2.45) is 0 Å². The van der Waals surface area contributed by atoms with Crippen LogP contribution >= 0.6 is 0 Å². The summed E-state index contributed by atoms with van der Waals surface area (Å²) in [5.41, 5.74) is 2.61. The van der Waals surface area contributed by atoms with Crippen LogP contribution in [0, 0.1) is 6.20 Å². The summed E-state index contributed by atoms with van der Waals surface area (Å²) in [6.45, 7) is 11.3. The van der Waals surface area contributed by atoms with Gasteiger partial charge in [-0.05, 0) is 5.41 Å². The molecule has 0 fully saturated rings. The summed E-state index contributed by atoms with van der Waals surface area (Å²) in [5, 5.41) is 5.61. The first-order valence-corrected chi connectivity index (χ1v) is 11.3.